The van der Waals surface area contributed by atoms with Crippen LogP contribution in [0.1, 0.15) is 17.4 Å². The van der Waals surface area contributed by atoms with E-state index in [9.17, 15) is 8.42 Å². The highest BCUT2D eigenvalue weighted by atomic mass is 35.5. The Hall–Kier alpha value is -0.920. The highest BCUT2D eigenvalue weighted by Crippen LogP contribution is 2.26. The molecule has 0 amide bonds. The molecule has 2 heterocycles. The van der Waals surface area contributed by atoms with E-state index in [4.69, 9.17) is 11.6 Å². The lowest BCUT2D eigenvalue weighted by molar-refractivity contribution is 0.190. The SMILES string of the molecule is CCc1ccc(S(=O)(=O)N2CCN(CCc3ccc(Cl)cc3)CC2)s1. The third kappa shape index (κ3) is 4.63. The lowest BCUT2D eigenvalue weighted by Gasteiger charge is -2.33. The Morgan fingerprint density at radius 3 is 2.32 bits per heavy atom. The molecule has 1 aromatic carbocycles. The second kappa shape index (κ2) is 8.18. The van der Waals surface area contributed by atoms with Gasteiger partial charge in [0.2, 0.25) is 0 Å². The normalized spacial score (nSPS) is 17.0. The zero-order valence-electron chi connectivity index (χ0n) is 14.3. The summed E-state index contributed by atoms with van der Waals surface area (Å²) >= 11 is 7.30. The fourth-order valence-electron chi connectivity index (χ4n) is 2.95. The molecule has 0 spiro atoms. The van der Waals surface area contributed by atoms with Crippen molar-refractivity contribution < 1.29 is 8.42 Å². The van der Waals surface area contributed by atoms with Gasteiger partial charge in [0.05, 0.1) is 0 Å². The number of hydrogen-bond acceptors (Lipinski definition) is 4. The number of halogens is 1. The molecule has 1 aromatic heterocycles. The standard InChI is InChI=1S/C18H23ClN2O2S2/c1-2-17-7-8-18(24-17)25(22,23)21-13-11-20(12-14-21)10-9-15-3-5-16(19)6-4-15/h3-8H,2,9-14H2,1H3. The van der Waals surface area contributed by atoms with E-state index in [-0.39, 0.29) is 0 Å². The molecule has 25 heavy (non-hydrogen) atoms. The van der Waals surface area contributed by atoms with Crippen molar-refractivity contribution in [2.24, 2.45) is 0 Å². The average Bonchev–Trinajstić information content (AvgIpc) is 3.12. The number of thiophene rings is 1. The maximum absolute atomic E-state index is 12.7. The molecule has 0 saturated carbocycles. The summed E-state index contributed by atoms with van der Waals surface area (Å²) in [5.74, 6) is 0. The number of aryl methyl sites for hydroxylation is 1. The molecule has 1 fully saturated rings. The lowest BCUT2D eigenvalue weighted by atomic mass is 10.1. The van der Waals surface area contributed by atoms with E-state index in [0.717, 1.165) is 42.4 Å². The smallest absolute Gasteiger partial charge is 0.252 e. The summed E-state index contributed by atoms with van der Waals surface area (Å²) in [6.07, 6.45) is 1.83. The van der Waals surface area contributed by atoms with Gasteiger partial charge in [-0.25, -0.2) is 8.42 Å². The van der Waals surface area contributed by atoms with E-state index in [1.165, 1.54) is 16.9 Å². The van der Waals surface area contributed by atoms with E-state index >= 15 is 0 Å². The molecule has 2 aromatic rings. The fraction of sp³-hybridized carbons (Fsp3) is 0.444. The molecule has 1 saturated heterocycles. The first-order valence-corrected chi connectivity index (χ1v) is 11.2. The fourth-order valence-corrected chi connectivity index (χ4v) is 5.94. The highest BCUT2D eigenvalue weighted by molar-refractivity contribution is 7.91. The molecule has 0 atom stereocenters. The van der Waals surface area contributed by atoms with Crippen LogP contribution >= 0.6 is 22.9 Å². The summed E-state index contributed by atoms with van der Waals surface area (Å²) in [6, 6.07) is 11.6. The van der Waals surface area contributed by atoms with Gasteiger partial charge in [0.1, 0.15) is 4.21 Å². The Morgan fingerprint density at radius 1 is 1.04 bits per heavy atom. The summed E-state index contributed by atoms with van der Waals surface area (Å²) < 4.78 is 27.6. The minimum absolute atomic E-state index is 0.471. The number of benzene rings is 1. The van der Waals surface area contributed by atoms with Gasteiger partial charge in [0, 0.05) is 42.6 Å². The van der Waals surface area contributed by atoms with Crippen LogP contribution in [-0.4, -0.2) is 50.3 Å². The molecule has 0 aliphatic carbocycles. The summed E-state index contributed by atoms with van der Waals surface area (Å²) in [5.41, 5.74) is 1.25. The number of nitrogens with zero attached hydrogens (tertiary/aromatic N) is 2. The van der Waals surface area contributed by atoms with Crippen molar-refractivity contribution in [1.82, 2.24) is 9.21 Å². The van der Waals surface area contributed by atoms with Gasteiger partial charge in [-0.05, 0) is 42.7 Å². The van der Waals surface area contributed by atoms with Crippen molar-refractivity contribution in [3.8, 4) is 0 Å². The van der Waals surface area contributed by atoms with Gasteiger partial charge in [-0.3, -0.25) is 0 Å². The van der Waals surface area contributed by atoms with E-state index in [2.05, 4.69) is 4.90 Å². The van der Waals surface area contributed by atoms with E-state index in [0.29, 0.717) is 17.3 Å². The quantitative estimate of drug-likeness (QED) is 0.747. The molecule has 0 radical (unpaired) electrons. The van der Waals surface area contributed by atoms with Gasteiger partial charge < -0.3 is 4.90 Å². The Labute approximate surface area is 159 Å². The van der Waals surface area contributed by atoms with Crippen LogP contribution < -0.4 is 0 Å². The first-order chi connectivity index (χ1) is 12.0. The number of sulfonamides is 1. The third-order valence-corrected chi connectivity index (χ3v) is 8.39. The topological polar surface area (TPSA) is 40.6 Å². The van der Waals surface area contributed by atoms with Crippen LogP contribution in [0.5, 0.6) is 0 Å². The van der Waals surface area contributed by atoms with Crippen LogP contribution in [0.2, 0.25) is 5.02 Å². The lowest BCUT2D eigenvalue weighted by Crippen LogP contribution is -2.48. The second-order valence-electron chi connectivity index (χ2n) is 6.20. The predicted octanol–water partition coefficient (Wildman–Crippen LogP) is 3.51. The molecule has 0 unspecified atom stereocenters. The van der Waals surface area contributed by atoms with Gasteiger partial charge in [-0.2, -0.15) is 4.31 Å². The second-order valence-corrected chi connectivity index (χ2v) is 9.97. The Bertz CT molecular complexity index is 795. The van der Waals surface area contributed by atoms with E-state index < -0.39 is 10.0 Å². The van der Waals surface area contributed by atoms with Crippen molar-refractivity contribution in [2.45, 2.75) is 24.0 Å². The van der Waals surface area contributed by atoms with Crippen molar-refractivity contribution in [2.75, 3.05) is 32.7 Å². The number of piperazine rings is 1. The van der Waals surface area contributed by atoms with Crippen molar-refractivity contribution in [3.05, 3.63) is 51.9 Å². The average molecular weight is 399 g/mol. The number of rotatable bonds is 6. The summed E-state index contributed by atoms with van der Waals surface area (Å²) in [4.78, 5) is 3.44. The monoisotopic (exact) mass is 398 g/mol. The molecule has 7 heteroatoms. The van der Waals surface area contributed by atoms with Gasteiger partial charge >= 0.3 is 0 Å². The maximum atomic E-state index is 12.7. The summed E-state index contributed by atoms with van der Waals surface area (Å²) in [7, 11) is -3.34. The van der Waals surface area contributed by atoms with Crippen LogP contribution in [0.3, 0.4) is 0 Å². The van der Waals surface area contributed by atoms with Crippen LogP contribution in [-0.2, 0) is 22.9 Å². The molecular formula is C18H23ClN2O2S2. The molecule has 0 N–H and O–H groups in total. The molecule has 0 bridgehead atoms. The molecule has 1 aliphatic heterocycles. The zero-order valence-corrected chi connectivity index (χ0v) is 16.7. The largest absolute Gasteiger partial charge is 0.300 e. The molecule has 136 valence electrons. The van der Waals surface area contributed by atoms with Gasteiger partial charge in [0.15, 0.2) is 0 Å². The predicted molar refractivity (Wildman–Crippen MR) is 104 cm³/mol. The minimum atomic E-state index is -3.34. The van der Waals surface area contributed by atoms with Crippen LogP contribution in [0.4, 0.5) is 0 Å². The highest BCUT2D eigenvalue weighted by Gasteiger charge is 2.29. The van der Waals surface area contributed by atoms with Crippen molar-refractivity contribution >= 4 is 33.0 Å². The molecular weight excluding hydrogens is 376 g/mol. The first-order valence-electron chi connectivity index (χ1n) is 8.54. The molecule has 1 aliphatic rings. The summed E-state index contributed by atoms with van der Waals surface area (Å²) in [6.45, 7) is 5.65. The van der Waals surface area contributed by atoms with Crippen LogP contribution in [0.15, 0.2) is 40.6 Å². The minimum Gasteiger partial charge on any atom is -0.300 e. The van der Waals surface area contributed by atoms with Gasteiger partial charge in [-0.15, -0.1) is 11.3 Å². The van der Waals surface area contributed by atoms with Crippen molar-refractivity contribution in [1.29, 1.82) is 0 Å². The Balaban J connectivity index is 1.53. The molecule has 3 rings (SSSR count). The summed E-state index contributed by atoms with van der Waals surface area (Å²) in [5, 5.41) is 0.752. The van der Waals surface area contributed by atoms with Gasteiger partial charge in [0.25, 0.3) is 10.0 Å². The Kier molecular flexibility index (Phi) is 6.17. The third-order valence-electron chi connectivity index (χ3n) is 4.54. The molecule has 4 nitrogen and oxygen atoms in total. The van der Waals surface area contributed by atoms with E-state index in [1.807, 2.05) is 37.3 Å². The first kappa shape index (κ1) is 18.9. The van der Waals surface area contributed by atoms with Crippen molar-refractivity contribution in [3.63, 3.8) is 0 Å². The van der Waals surface area contributed by atoms with Crippen LogP contribution in [0, 0.1) is 0 Å². The maximum Gasteiger partial charge on any atom is 0.252 e. The van der Waals surface area contributed by atoms with Gasteiger partial charge in [-0.1, -0.05) is 30.7 Å². The van der Waals surface area contributed by atoms with E-state index in [1.54, 1.807) is 10.4 Å². The van der Waals surface area contributed by atoms with Crippen LogP contribution in [0.25, 0.3) is 0 Å². The zero-order chi connectivity index (χ0) is 17.9. The number of hydrogen-bond donors (Lipinski definition) is 0. The Morgan fingerprint density at radius 2 is 1.72 bits per heavy atom.